The summed E-state index contributed by atoms with van der Waals surface area (Å²) in [4.78, 5) is 8.22. The van der Waals surface area contributed by atoms with E-state index in [9.17, 15) is 0 Å². The molecule has 0 aliphatic carbocycles. The Morgan fingerprint density at radius 3 is 2.31 bits per heavy atom. The second kappa shape index (κ2) is 7.73. The SMILES string of the molecule is Nc1cc(N)nc(SCCCCCCBr)n1. The van der Waals surface area contributed by atoms with Crippen LogP contribution in [0.5, 0.6) is 0 Å². The highest BCUT2D eigenvalue weighted by molar-refractivity contribution is 9.09. The van der Waals surface area contributed by atoms with E-state index in [0.29, 0.717) is 16.8 Å². The standard InChI is InChI=1S/C10H17BrN4S/c11-5-3-1-2-4-6-16-10-14-8(12)7-9(13)15-10/h7H,1-6H2,(H4,12,13,14,15). The minimum absolute atomic E-state index is 0.439. The van der Waals surface area contributed by atoms with E-state index in [1.807, 2.05) is 0 Å². The highest BCUT2D eigenvalue weighted by Gasteiger charge is 2.00. The lowest BCUT2D eigenvalue weighted by molar-refractivity contribution is 0.712. The molecule has 1 heterocycles. The molecule has 0 saturated heterocycles. The maximum Gasteiger partial charge on any atom is 0.191 e. The molecular formula is C10H17BrN4S. The van der Waals surface area contributed by atoms with Crippen molar-refractivity contribution in [2.75, 3.05) is 22.6 Å². The van der Waals surface area contributed by atoms with Gasteiger partial charge in [0.2, 0.25) is 0 Å². The first kappa shape index (κ1) is 13.6. The highest BCUT2D eigenvalue weighted by Crippen LogP contribution is 2.18. The zero-order valence-electron chi connectivity index (χ0n) is 9.16. The molecule has 16 heavy (non-hydrogen) atoms. The number of nitrogen functional groups attached to an aromatic ring is 2. The lowest BCUT2D eigenvalue weighted by atomic mass is 10.2. The number of alkyl halides is 1. The van der Waals surface area contributed by atoms with E-state index in [1.54, 1.807) is 17.8 Å². The van der Waals surface area contributed by atoms with Crippen LogP contribution < -0.4 is 11.5 Å². The molecule has 0 amide bonds. The van der Waals surface area contributed by atoms with E-state index in [1.165, 1.54) is 25.7 Å². The number of hydrogen-bond donors (Lipinski definition) is 2. The summed E-state index contributed by atoms with van der Waals surface area (Å²) in [5, 5.41) is 1.77. The van der Waals surface area contributed by atoms with Crippen molar-refractivity contribution in [3.63, 3.8) is 0 Å². The molecule has 6 heteroatoms. The van der Waals surface area contributed by atoms with Crippen LogP contribution in [-0.2, 0) is 0 Å². The van der Waals surface area contributed by atoms with Crippen molar-refractivity contribution < 1.29 is 0 Å². The van der Waals surface area contributed by atoms with Gasteiger partial charge in [-0.15, -0.1) is 0 Å². The van der Waals surface area contributed by atoms with Crippen LogP contribution in [0.1, 0.15) is 25.7 Å². The van der Waals surface area contributed by atoms with Crippen molar-refractivity contribution in [1.82, 2.24) is 9.97 Å². The second-order valence-electron chi connectivity index (χ2n) is 3.45. The summed E-state index contributed by atoms with van der Waals surface area (Å²) >= 11 is 5.03. The Labute approximate surface area is 109 Å². The van der Waals surface area contributed by atoms with Crippen molar-refractivity contribution in [3.8, 4) is 0 Å². The van der Waals surface area contributed by atoms with E-state index >= 15 is 0 Å². The first-order valence-electron chi connectivity index (χ1n) is 5.31. The smallest absolute Gasteiger partial charge is 0.191 e. The zero-order valence-corrected chi connectivity index (χ0v) is 11.6. The molecule has 0 aliphatic rings. The van der Waals surface area contributed by atoms with Gasteiger partial charge >= 0.3 is 0 Å². The minimum Gasteiger partial charge on any atom is -0.383 e. The van der Waals surface area contributed by atoms with E-state index in [0.717, 1.165) is 11.1 Å². The van der Waals surface area contributed by atoms with Gasteiger partial charge in [0, 0.05) is 17.1 Å². The summed E-state index contributed by atoms with van der Waals surface area (Å²) in [6.45, 7) is 0. The maximum absolute atomic E-state index is 5.58. The van der Waals surface area contributed by atoms with Gasteiger partial charge in [0.1, 0.15) is 11.6 Å². The first-order valence-corrected chi connectivity index (χ1v) is 7.42. The molecule has 0 unspecified atom stereocenters. The molecule has 0 fully saturated rings. The first-order chi connectivity index (χ1) is 7.72. The Morgan fingerprint density at radius 2 is 1.69 bits per heavy atom. The lowest BCUT2D eigenvalue weighted by Gasteiger charge is -2.02. The van der Waals surface area contributed by atoms with Gasteiger partial charge in [0.05, 0.1) is 0 Å². The number of thioether (sulfide) groups is 1. The summed E-state index contributed by atoms with van der Waals surface area (Å²) in [5.41, 5.74) is 11.2. The minimum atomic E-state index is 0.439. The van der Waals surface area contributed by atoms with Crippen molar-refractivity contribution >= 4 is 39.3 Å². The van der Waals surface area contributed by atoms with E-state index in [4.69, 9.17) is 11.5 Å². The lowest BCUT2D eigenvalue weighted by Crippen LogP contribution is -1.99. The second-order valence-corrected chi connectivity index (χ2v) is 5.31. The summed E-state index contributed by atoms with van der Waals surface area (Å²) in [6, 6.07) is 1.57. The summed E-state index contributed by atoms with van der Waals surface area (Å²) < 4.78 is 0. The molecule has 0 aliphatic heterocycles. The molecule has 4 N–H and O–H groups in total. The largest absolute Gasteiger partial charge is 0.383 e. The molecule has 0 bridgehead atoms. The number of halogens is 1. The Hall–Kier alpha value is -0.490. The number of nitrogens with two attached hydrogens (primary N) is 2. The number of unbranched alkanes of at least 4 members (excludes halogenated alkanes) is 3. The maximum atomic E-state index is 5.58. The average molecular weight is 305 g/mol. The van der Waals surface area contributed by atoms with Crippen molar-refractivity contribution in [3.05, 3.63) is 6.07 Å². The number of hydrogen-bond acceptors (Lipinski definition) is 5. The molecule has 1 aromatic heterocycles. The van der Waals surface area contributed by atoms with E-state index < -0.39 is 0 Å². The summed E-state index contributed by atoms with van der Waals surface area (Å²) in [6.07, 6.45) is 4.93. The van der Waals surface area contributed by atoms with Gasteiger partial charge < -0.3 is 11.5 Å². The fourth-order valence-corrected chi connectivity index (χ4v) is 2.51. The number of aromatic nitrogens is 2. The van der Waals surface area contributed by atoms with Crippen LogP contribution in [0.15, 0.2) is 11.2 Å². The van der Waals surface area contributed by atoms with Gasteiger partial charge in [0.25, 0.3) is 0 Å². The topological polar surface area (TPSA) is 77.8 Å². The highest BCUT2D eigenvalue weighted by atomic mass is 79.9. The van der Waals surface area contributed by atoms with Crippen LogP contribution in [0.4, 0.5) is 11.6 Å². The van der Waals surface area contributed by atoms with E-state index in [2.05, 4.69) is 25.9 Å². The Morgan fingerprint density at radius 1 is 1.06 bits per heavy atom. The monoisotopic (exact) mass is 304 g/mol. The average Bonchev–Trinajstić information content (AvgIpc) is 2.22. The molecular weight excluding hydrogens is 288 g/mol. The number of anilines is 2. The molecule has 0 radical (unpaired) electrons. The van der Waals surface area contributed by atoms with Gasteiger partial charge in [0.15, 0.2) is 5.16 Å². The van der Waals surface area contributed by atoms with Crippen LogP contribution in [0.2, 0.25) is 0 Å². The molecule has 0 atom stereocenters. The number of nitrogens with zero attached hydrogens (tertiary/aromatic N) is 2. The fraction of sp³-hybridized carbons (Fsp3) is 0.600. The van der Waals surface area contributed by atoms with Crippen LogP contribution in [0.25, 0.3) is 0 Å². The third-order valence-corrected chi connectivity index (χ3v) is 3.50. The van der Waals surface area contributed by atoms with Gasteiger partial charge in [-0.25, -0.2) is 9.97 Å². The Kier molecular flexibility index (Phi) is 6.56. The van der Waals surface area contributed by atoms with Crippen LogP contribution in [0.3, 0.4) is 0 Å². The third kappa shape index (κ3) is 5.55. The van der Waals surface area contributed by atoms with Gasteiger partial charge in [-0.2, -0.15) is 0 Å². The molecule has 0 spiro atoms. The third-order valence-electron chi connectivity index (χ3n) is 2.00. The van der Waals surface area contributed by atoms with Crippen LogP contribution in [0, 0.1) is 0 Å². The van der Waals surface area contributed by atoms with Gasteiger partial charge in [-0.3, -0.25) is 0 Å². The molecule has 4 nitrogen and oxygen atoms in total. The van der Waals surface area contributed by atoms with Gasteiger partial charge in [-0.1, -0.05) is 40.5 Å². The Balaban J connectivity index is 2.21. The molecule has 1 aromatic rings. The summed E-state index contributed by atoms with van der Waals surface area (Å²) in [7, 11) is 0. The van der Waals surface area contributed by atoms with Crippen LogP contribution in [-0.4, -0.2) is 21.1 Å². The molecule has 1 rings (SSSR count). The van der Waals surface area contributed by atoms with E-state index in [-0.39, 0.29) is 0 Å². The predicted molar refractivity (Wildman–Crippen MR) is 73.8 cm³/mol. The van der Waals surface area contributed by atoms with Crippen molar-refractivity contribution in [2.24, 2.45) is 0 Å². The molecule has 0 aromatic carbocycles. The summed E-state index contributed by atoms with van der Waals surface area (Å²) in [5.74, 6) is 1.90. The molecule has 90 valence electrons. The van der Waals surface area contributed by atoms with Crippen molar-refractivity contribution in [2.45, 2.75) is 30.8 Å². The normalized spacial score (nSPS) is 10.6. The molecule has 0 saturated carbocycles. The predicted octanol–water partition coefficient (Wildman–Crippen LogP) is 2.69. The zero-order chi connectivity index (χ0) is 11.8. The quantitative estimate of drug-likeness (QED) is 0.350. The van der Waals surface area contributed by atoms with Crippen LogP contribution >= 0.6 is 27.7 Å². The Bertz CT molecular complexity index is 301. The fourth-order valence-electron chi connectivity index (χ4n) is 1.24. The van der Waals surface area contributed by atoms with Crippen molar-refractivity contribution in [1.29, 1.82) is 0 Å². The number of rotatable bonds is 7. The van der Waals surface area contributed by atoms with Gasteiger partial charge in [-0.05, 0) is 12.8 Å².